The molecule has 10 heteroatoms. The lowest BCUT2D eigenvalue weighted by molar-refractivity contribution is -0.137. The van der Waals surface area contributed by atoms with Crippen LogP contribution in [0.4, 0.5) is 18.9 Å². The van der Waals surface area contributed by atoms with E-state index in [1.54, 1.807) is 0 Å². The molecule has 0 aliphatic rings. The predicted molar refractivity (Wildman–Crippen MR) is 74.9 cm³/mol. The van der Waals surface area contributed by atoms with E-state index >= 15 is 0 Å². The summed E-state index contributed by atoms with van der Waals surface area (Å²) in [6, 6.07) is 2.35. The molecule has 0 bridgehead atoms. The van der Waals surface area contributed by atoms with Crippen molar-refractivity contribution >= 4 is 46.3 Å². The molecule has 114 valence electrons. The lowest BCUT2D eigenvalue weighted by Crippen LogP contribution is -2.39. The molecule has 1 aromatic rings. The number of carbonyl (C=O) groups excluding carboxylic acids is 2. The number of carbonyl (C=O) groups is 2. The molecule has 0 heterocycles. The summed E-state index contributed by atoms with van der Waals surface area (Å²) < 4.78 is 37.6. The van der Waals surface area contributed by atoms with Crippen LogP contribution in [0.2, 0.25) is 5.02 Å². The zero-order valence-corrected chi connectivity index (χ0v) is 11.8. The van der Waals surface area contributed by atoms with Gasteiger partial charge < -0.3 is 16.4 Å². The van der Waals surface area contributed by atoms with Crippen LogP contribution >= 0.6 is 23.8 Å². The van der Waals surface area contributed by atoms with Gasteiger partial charge in [-0.3, -0.25) is 9.59 Å². The molecule has 1 rings (SSSR count). The van der Waals surface area contributed by atoms with E-state index in [0.29, 0.717) is 6.07 Å². The Kier molecular flexibility index (Phi) is 5.50. The van der Waals surface area contributed by atoms with Gasteiger partial charge in [0.05, 0.1) is 27.8 Å². The van der Waals surface area contributed by atoms with Gasteiger partial charge in [-0.25, -0.2) is 0 Å². The number of thiocarbonyl (C=S) groups is 1. The third-order valence-corrected chi connectivity index (χ3v) is 2.65. The van der Waals surface area contributed by atoms with Crippen molar-refractivity contribution in [2.45, 2.75) is 6.18 Å². The first-order valence-corrected chi connectivity index (χ1v) is 6.14. The zero-order chi connectivity index (χ0) is 16.2. The third kappa shape index (κ3) is 5.20. The van der Waals surface area contributed by atoms with E-state index in [9.17, 15) is 22.8 Å². The first kappa shape index (κ1) is 17.2. The molecule has 0 saturated carbocycles. The van der Waals surface area contributed by atoms with Crippen molar-refractivity contribution < 1.29 is 22.8 Å². The Bertz CT molecular complexity index is 593. The molecule has 0 spiro atoms. The Morgan fingerprint density at radius 1 is 1.29 bits per heavy atom. The van der Waals surface area contributed by atoms with E-state index in [0.717, 1.165) is 12.1 Å². The van der Waals surface area contributed by atoms with Gasteiger partial charge in [-0.15, -0.1) is 0 Å². The summed E-state index contributed by atoms with van der Waals surface area (Å²) in [5, 5.41) is 3.92. The lowest BCUT2D eigenvalue weighted by Gasteiger charge is -2.11. The number of halogens is 4. The SMILES string of the molecule is NC(=S)CNC(=O)C(=O)Nc1cc(C(F)(F)F)ccc1Cl. The zero-order valence-electron chi connectivity index (χ0n) is 10.3. The van der Waals surface area contributed by atoms with Gasteiger partial charge in [-0.2, -0.15) is 13.2 Å². The fourth-order valence-electron chi connectivity index (χ4n) is 1.22. The Morgan fingerprint density at radius 2 is 1.90 bits per heavy atom. The number of nitrogens with one attached hydrogen (secondary N) is 2. The molecule has 0 aliphatic carbocycles. The second kappa shape index (κ2) is 6.72. The monoisotopic (exact) mass is 339 g/mol. The number of hydrogen-bond acceptors (Lipinski definition) is 3. The maximum Gasteiger partial charge on any atom is 0.416 e. The van der Waals surface area contributed by atoms with Crippen molar-refractivity contribution in [1.29, 1.82) is 0 Å². The second-order valence-electron chi connectivity index (χ2n) is 3.80. The van der Waals surface area contributed by atoms with E-state index in [2.05, 4.69) is 17.5 Å². The molecule has 0 aromatic heterocycles. The highest BCUT2D eigenvalue weighted by molar-refractivity contribution is 7.80. The minimum atomic E-state index is -4.60. The van der Waals surface area contributed by atoms with Gasteiger partial charge in [0.25, 0.3) is 0 Å². The molecule has 0 radical (unpaired) electrons. The second-order valence-corrected chi connectivity index (χ2v) is 4.73. The van der Waals surface area contributed by atoms with Crippen molar-refractivity contribution in [1.82, 2.24) is 5.32 Å². The van der Waals surface area contributed by atoms with Crippen LogP contribution in [0.3, 0.4) is 0 Å². The smallest absolute Gasteiger partial charge is 0.392 e. The maximum atomic E-state index is 12.5. The summed E-state index contributed by atoms with van der Waals surface area (Å²) in [7, 11) is 0. The highest BCUT2D eigenvalue weighted by Gasteiger charge is 2.31. The predicted octanol–water partition coefficient (Wildman–Crippen LogP) is 1.70. The molecule has 5 nitrogen and oxygen atoms in total. The number of rotatable bonds is 3. The van der Waals surface area contributed by atoms with Gasteiger partial charge in [-0.1, -0.05) is 23.8 Å². The molecule has 2 amide bonds. The van der Waals surface area contributed by atoms with E-state index in [4.69, 9.17) is 17.3 Å². The molecule has 4 N–H and O–H groups in total. The fourth-order valence-corrected chi connectivity index (χ4v) is 1.46. The summed E-state index contributed by atoms with van der Waals surface area (Å²) >= 11 is 10.2. The molecule has 0 unspecified atom stereocenters. The van der Waals surface area contributed by atoms with Crippen LogP contribution in [0, 0.1) is 0 Å². The minimum Gasteiger partial charge on any atom is -0.392 e. The molecule has 0 fully saturated rings. The van der Waals surface area contributed by atoms with Gasteiger partial charge in [0, 0.05) is 0 Å². The van der Waals surface area contributed by atoms with Crippen molar-refractivity contribution in [3.05, 3.63) is 28.8 Å². The van der Waals surface area contributed by atoms with Gasteiger partial charge in [0.2, 0.25) is 0 Å². The average Bonchev–Trinajstić information content (AvgIpc) is 2.36. The highest BCUT2D eigenvalue weighted by Crippen LogP contribution is 2.33. The first-order chi connectivity index (χ1) is 9.61. The summed E-state index contributed by atoms with van der Waals surface area (Å²) in [6.07, 6.45) is -4.60. The summed E-state index contributed by atoms with van der Waals surface area (Å²) in [6.45, 7) is -0.210. The van der Waals surface area contributed by atoms with Crippen LogP contribution < -0.4 is 16.4 Å². The topological polar surface area (TPSA) is 84.2 Å². The number of anilines is 1. The summed E-state index contributed by atoms with van der Waals surface area (Å²) in [5.41, 5.74) is 3.78. The largest absolute Gasteiger partial charge is 0.416 e. The van der Waals surface area contributed by atoms with Crippen LogP contribution in [-0.4, -0.2) is 23.3 Å². The van der Waals surface area contributed by atoms with Crippen molar-refractivity contribution in [2.75, 3.05) is 11.9 Å². The summed E-state index contributed by atoms with van der Waals surface area (Å²) in [4.78, 5) is 22.8. The number of hydrogen-bond donors (Lipinski definition) is 3. The molecule has 21 heavy (non-hydrogen) atoms. The van der Waals surface area contributed by atoms with Gasteiger partial charge >= 0.3 is 18.0 Å². The van der Waals surface area contributed by atoms with E-state index < -0.39 is 23.6 Å². The molecule has 1 aromatic carbocycles. The van der Waals surface area contributed by atoms with Gasteiger partial charge in [0.1, 0.15) is 0 Å². The quantitative estimate of drug-likeness (QED) is 0.578. The van der Waals surface area contributed by atoms with Crippen LogP contribution in [0.15, 0.2) is 18.2 Å². The number of amides is 2. The third-order valence-electron chi connectivity index (χ3n) is 2.17. The molecular weight excluding hydrogens is 331 g/mol. The Balaban J connectivity index is 2.85. The van der Waals surface area contributed by atoms with Crippen molar-refractivity contribution in [3.8, 4) is 0 Å². The highest BCUT2D eigenvalue weighted by atomic mass is 35.5. The van der Waals surface area contributed by atoms with Gasteiger partial charge in [-0.05, 0) is 18.2 Å². The molecule has 0 aliphatic heterocycles. The van der Waals surface area contributed by atoms with E-state index in [-0.39, 0.29) is 22.2 Å². The Morgan fingerprint density at radius 3 is 2.43 bits per heavy atom. The normalized spacial score (nSPS) is 10.9. The Hall–Kier alpha value is -1.87. The van der Waals surface area contributed by atoms with Crippen LogP contribution in [-0.2, 0) is 15.8 Å². The molecule has 0 atom stereocenters. The van der Waals surface area contributed by atoms with Crippen molar-refractivity contribution in [2.24, 2.45) is 5.73 Å². The standard InChI is InChI=1S/C11H9ClF3N3O2S/c12-6-2-1-5(11(13,14)15)3-7(6)18-10(20)9(19)17-4-8(16)21/h1-3H,4H2,(H2,16,21)(H,17,19)(H,18,20). The van der Waals surface area contributed by atoms with E-state index in [1.165, 1.54) is 0 Å². The van der Waals surface area contributed by atoms with Crippen LogP contribution in [0.1, 0.15) is 5.56 Å². The summed E-state index contributed by atoms with van der Waals surface area (Å²) in [5.74, 6) is -2.29. The molecular formula is C11H9ClF3N3O2S. The van der Waals surface area contributed by atoms with Crippen molar-refractivity contribution in [3.63, 3.8) is 0 Å². The Labute approximate surface area is 127 Å². The minimum absolute atomic E-state index is 0.0479. The van der Waals surface area contributed by atoms with Gasteiger partial charge in [0.15, 0.2) is 0 Å². The lowest BCUT2D eigenvalue weighted by atomic mass is 10.2. The average molecular weight is 340 g/mol. The fraction of sp³-hybridized carbons (Fsp3) is 0.182. The van der Waals surface area contributed by atoms with Crippen LogP contribution in [0.5, 0.6) is 0 Å². The maximum absolute atomic E-state index is 12.5. The number of nitrogens with two attached hydrogens (primary N) is 1. The van der Waals surface area contributed by atoms with E-state index in [1.807, 2.05) is 5.32 Å². The molecule has 0 saturated heterocycles. The van der Waals surface area contributed by atoms with Crippen LogP contribution in [0.25, 0.3) is 0 Å². The first-order valence-electron chi connectivity index (χ1n) is 5.35. The number of benzene rings is 1. The number of alkyl halides is 3.